The van der Waals surface area contributed by atoms with Crippen LogP contribution >= 0.6 is 15.9 Å². The van der Waals surface area contributed by atoms with Crippen molar-refractivity contribution in [2.24, 2.45) is 0 Å². The van der Waals surface area contributed by atoms with Crippen LogP contribution in [-0.4, -0.2) is 11.2 Å². The van der Waals surface area contributed by atoms with Crippen molar-refractivity contribution < 1.29 is 18.8 Å². The maximum atomic E-state index is 13.4. The second-order valence-corrected chi connectivity index (χ2v) is 5.18. The van der Waals surface area contributed by atoms with Crippen molar-refractivity contribution in [3.05, 3.63) is 61.9 Å². The first-order valence-electron chi connectivity index (χ1n) is 5.79. The first kappa shape index (κ1) is 15.1. The molecule has 0 saturated carbocycles. The van der Waals surface area contributed by atoms with Crippen LogP contribution in [0.5, 0.6) is 11.5 Å². The second kappa shape index (κ2) is 6.01. The van der Waals surface area contributed by atoms with Gasteiger partial charge in [0.1, 0.15) is 17.9 Å². The highest BCUT2D eigenvalue weighted by atomic mass is 79.9. The lowest BCUT2D eigenvalue weighted by Crippen LogP contribution is -1.97. The van der Waals surface area contributed by atoms with Crippen molar-refractivity contribution in [3.8, 4) is 11.5 Å². The summed E-state index contributed by atoms with van der Waals surface area (Å²) in [6, 6.07) is 6.34. The fourth-order valence-electron chi connectivity index (χ4n) is 1.81. The summed E-state index contributed by atoms with van der Waals surface area (Å²) < 4.78 is 19.3. The molecule has 0 fully saturated rings. The van der Waals surface area contributed by atoms with Crippen LogP contribution in [0.25, 0.3) is 0 Å². The molecule has 0 spiro atoms. The summed E-state index contributed by atoms with van der Waals surface area (Å²) >= 11 is 3.17. The Hall–Kier alpha value is -2.28. The molecule has 0 atom stereocenters. The van der Waals surface area contributed by atoms with Crippen LogP contribution in [0.1, 0.15) is 15.9 Å². The van der Waals surface area contributed by atoms with Crippen molar-refractivity contribution >= 4 is 27.9 Å². The van der Waals surface area contributed by atoms with E-state index in [1.54, 1.807) is 13.0 Å². The van der Waals surface area contributed by atoms with Gasteiger partial charge < -0.3 is 4.74 Å². The summed E-state index contributed by atoms with van der Waals surface area (Å²) in [5.41, 5.74) is 0.342. The first-order valence-corrected chi connectivity index (χ1v) is 6.58. The van der Waals surface area contributed by atoms with Crippen molar-refractivity contribution in [1.82, 2.24) is 0 Å². The van der Waals surface area contributed by atoms with E-state index in [9.17, 15) is 19.3 Å². The van der Waals surface area contributed by atoms with Gasteiger partial charge >= 0.3 is 5.69 Å². The van der Waals surface area contributed by atoms with Crippen LogP contribution in [0.2, 0.25) is 0 Å². The number of carbonyl (C=O) groups is 1. The molecule has 0 aliphatic rings. The van der Waals surface area contributed by atoms with Gasteiger partial charge in [0.2, 0.25) is 5.75 Å². The number of nitrogens with zero attached hydrogens (tertiary/aromatic N) is 1. The van der Waals surface area contributed by atoms with Crippen molar-refractivity contribution in [3.63, 3.8) is 0 Å². The highest BCUT2D eigenvalue weighted by Gasteiger charge is 2.20. The summed E-state index contributed by atoms with van der Waals surface area (Å²) in [6.45, 7) is 1.63. The Kier molecular flexibility index (Phi) is 4.32. The molecule has 0 N–H and O–H groups in total. The van der Waals surface area contributed by atoms with Crippen LogP contribution in [0.3, 0.4) is 0 Å². The lowest BCUT2D eigenvalue weighted by molar-refractivity contribution is -0.385. The Bertz CT molecular complexity index is 733. The van der Waals surface area contributed by atoms with Gasteiger partial charge in [0.05, 0.1) is 4.92 Å². The molecule has 5 nitrogen and oxygen atoms in total. The zero-order chi connectivity index (χ0) is 15.6. The number of hydrogen-bond donors (Lipinski definition) is 0. The summed E-state index contributed by atoms with van der Waals surface area (Å²) in [4.78, 5) is 21.2. The average molecular weight is 354 g/mol. The number of nitro benzene ring substituents is 1. The van der Waals surface area contributed by atoms with E-state index < -0.39 is 10.7 Å². The standard InChI is InChI=1S/C14H9BrFNO4/c1-8-2-10(15)5-13(17(19)20)14(8)21-12-4-9(7-18)3-11(16)6-12/h2-7H,1H3. The third kappa shape index (κ3) is 3.43. The fraction of sp³-hybridized carbons (Fsp3) is 0.0714. The Labute approximate surface area is 127 Å². The zero-order valence-corrected chi connectivity index (χ0v) is 12.4. The van der Waals surface area contributed by atoms with Gasteiger partial charge in [-0.1, -0.05) is 15.9 Å². The number of ether oxygens (including phenoxy) is 1. The predicted molar refractivity (Wildman–Crippen MR) is 77.4 cm³/mol. The molecule has 0 bridgehead atoms. The lowest BCUT2D eigenvalue weighted by Gasteiger charge is -2.10. The SMILES string of the molecule is Cc1cc(Br)cc([N+](=O)[O-])c1Oc1cc(F)cc(C=O)c1. The number of aldehydes is 1. The number of halogens is 2. The van der Waals surface area contributed by atoms with Gasteiger partial charge in [0, 0.05) is 22.2 Å². The molecule has 0 heterocycles. The van der Waals surface area contributed by atoms with Crippen LogP contribution in [0.4, 0.5) is 10.1 Å². The molecule has 0 aromatic heterocycles. The third-order valence-corrected chi connectivity index (χ3v) is 3.12. The van der Waals surface area contributed by atoms with Gasteiger partial charge in [-0.15, -0.1) is 0 Å². The van der Waals surface area contributed by atoms with E-state index in [1.165, 1.54) is 12.1 Å². The molecular formula is C14H9BrFNO4. The molecule has 21 heavy (non-hydrogen) atoms. The predicted octanol–water partition coefficient (Wildman–Crippen LogP) is 4.41. The zero-order valence-electron chi connectivity index (χ0n) is 10.8. The molecule has 0 amide bonds. The number of carbonyl (C=O) groups excluding carboxylic acids is 1. The Morgan fingerprint density at radius 2 is 2.00 bits per heavy atom. The van der Waals surface area contributed by atoms with Gasteiger partial charge in [0.25, 0.3) is 0 Å². The molecule has 2 aromatic rings. The molecular weight excluding hydrogens is 345 g/mol. The van der Waals surface area contributed by atoms with Crippen LogP contribution in [-0.2, 0) is 0 Å². The molecule has 0 saturated heterocycles. The van der Waals surface area contributed by atoms with Crippen molar-refractivity contribution in [2.45, 2.75) is 6.92 Å². The Balaban J connectivity index is 2.51. The van der Waals surface area contributed by atoms with Crippen LogP contribution < -0.4 is 4.74 Å². The number of nitro groups is 1. The monoisotopic (exact) mass is 353 g/mol. The molecule has 0 radical (unpaired) electrons. The smallest absolute Gasteiger partial charge is 0.312 e. The number of aryl methyl sites for hydroxylation is 1. The summed E-state index contributed by atoms with van der Waals surface area (Å²) in [7, 11) is 0. The second-order valence-electron chi connectivity index (χ2n) is 4.27. The van der Waals surface area contributed by atoms with E-state index in [2.05, 4.69) is 15.9 Å². The minimum absolute atomic E-state index is 0.00523. The number of hydrogen-bond acceptors (Lipinski definition) is 4. The van der Waals surface area contributed by atoms with E-state index in [1.807, 2.05) is 0 Å². The molecule has 108 valence electrons. The van der Waals surface area contributed by atoms with E-state index >= 15 is 0 Å². The minimum Gasteiger partial charge on any atom is -0.450 e. The van der Waals surface area contributed by atoms with Crippen molar-refractivity contribution in [2.75, 3.05) is 0 Å². The number of rotatable bonds is 4. The van der Waals surface area contributed by atoms with Crippen LogP contribution in [0, 0.1) is 22.9 Å². The van der Waals surface area contributed by atoms with Crippen molar-refractivity contribution in [1.29, 1.82) is 0 Å². The average Bonchev–Trinajstić information content (AvgIpc) is 2.40. The third-order valence-electron chi connectivity index (χ3n) is 2.67. The van der Waals surface area contributed by atoms with Gasteiger partial charge in [0.15, 0.2) is 0 Å². The van der Waals surface area contributed by atoms with E-state index in [0.29, 0.717) is 16.3 Å². The highest BCUT2D eigenvalue weighted by molar-refractivity contribution is 9.10. The molecule has 2 rings (SSSR count). The Morgan fingerprint density at radius 1 is 1.29 bits per heavy atom. The summed E-state index contributed by atoms with van der Waals surface area (Å²) in [5.74, 6) is -0.636. The molecule has 7 heteroatoms. The van der Waals surface area contributed by atoms with E-state index in [-0.39, 0.29) is 22.7 Å². The molecule has 0 aliphatic carbocycles. The Morgan fingerprint density at radius 3 is 2.62 bits per heavy atom. The fourth-order valence-corrected chi connectivity index (χ4v) is 2.37. The van der Waals surface area contributed by atoms with Crippen LogP contribution in [0.15, 0.2) is 34.8 Å². The van der Waals surface area contributed by atoms with Gasteiger partial charge in [-0.25, -0.2) is 4.39 Å². The maximum Gasteiger partial charge on any atom is 0.312 e. The lowest BCUT2D eigenvalue weighted by atomic mass is 10.2. The quantitative estimate of drug-likeness (QED) is 0.463. The normalized spacial score (nSPS) is 10.2. The minimum atomic E-state index is -0.660. The molecule has 0 unspecified atom stereocenters. The molecule has 0 aliphatic heterocycles. The van der Waals surface area contributed by atoms with Gasteiger partial charge in [-0.05, 0) is 30.7 Å². The number of benzene rings is 2. The topological polar surface area (TPSA) is 69.4 Å². The van der Waals surface area contributed by atoms with E-state index in [4.69, 9.17) is 4.74 Å². The van der Waals surface area contributed by atoms with Gasteiger partial charge in [-0.2, -0.15) is 0 Å². The summed E-state index contributed by atoms with van der Waals surface area (Å²) in [6.07, 6.45) is 0.471. The highest BCUT2D eigenvalue weighted by Crippen LogP contribution is 2.37. The summed E-state index contributed by atoms with van der Waals surface area (Å²) in [5, 5.41) is 11.1. The van der Waals surface area contributed by atoms with E-state index in [0.717, 1.165) is 12.1 Å². The largest absolute Gasteiger partial charge is 0.450 e. The first-order chi connectivity index (χ1) is 9.90. The maximum absolute atomic E-state index is 13.4. The van der Waals surface area contributed by atoms with Gasteiger partial charge in [-0.3, -0.25) is 14.9 Å². The molecule has 2 aromatic carbocycles.